The summed E-state index contributed by atoms with van der Waals surface area (Å²) in [5, 5.41) is 6.73. The van der Waals surface area contributed by atoms with Gasteiger partial charge in [0.15, 0.2) is 5.82 Å². The molecule has 0 aliphatic heterocycles. The number of nitrogens with zero attached hydrogens (tertiary/aromatic N) is 2. The number of carbonyl (C=O) groups is 2. The first-order chi connectivity index (χ1) is 19.3. The summed E-state index contributed by atoms with van der Waals surface area (Å²) < 4.78 is 40.0. The number of alkyl halides is 3. The van der Waals surface area contributed by atoms with Crippen LogP contribution < -0.4 is 10.6 Å². The molecule has 3 aromatic carbocycles. The lowest BCUT2D eigenvalue weighted by Gasteiger charge is -2.18. The summed E-state index contributed by atoms with van der Waals surface area (Å²) in [7, 11) is 0. The molecule has 0 saturated heterocycles. The molecule has 0 atom stereocenters. The summed E-state index contributed by atoms with van der Waals surface area (Å²) in [4.78, 5) is 34.7. The Labute approximate surface area is 240 Å². The van der Waals surface area contributed by atoms with Crippen molar-refractivity contribution in [1.29, 1.82) is 0 Å². The third-order valence-electron chi connectivity index (χ3n) is 6.81. The van der Waals surface area contributed by atoms with Crippen LogP contribution in [0.3, 0.4) is 0 Å². The predicted octanol–water partition coefficient (Wildman–Crippen LogP) is 7.76. The molecule has 0 spiro atoms. The summed E-state index contributed by atoms with van der Waals surface area (Å²) in [6.07, 6.45) is -2.60. The van der Waals surface area contributed by atoms with Crippen LogP contribution in [-0.2, 0) is 17.5 Å². The van der Waals surface area contributed by atoms with Gasteiger partial charge in [-0.05, 0) is 60.9 Å². The predicted molar refractivity (Wildman–Crippen MR) is 153 cm³/mol. The molecule has 10 heteroatoms. The van der Waals surface area contributed by atoms with Crippen LogP contribution >= 0.6 is 11.6 Å². The van der Waals surface area contributed by atoms with E-state index < -0.39 is 23.1 Å². The molecule has 0 unspecified atom stereocenters. The molecule has 4 aromatic rings. The third kappa shape index (κ3) is 6.51. The second-order valence-electron chi connectivity index (χ2n) is 11.2. The van der Waals surface area contributed by atoms with Gasteiger partial charge < -0.3 is 10.6 Å². The van der Waals surface area contributed by atoms with E-state index in [1.54, 1.807) is 36.4 Å². The van der Waals surface area contributed by atoms with Crippen molar-refractivity contribution in [2.75, 3.05) is 5.32 Å². The maximum absolute atomic E-state index is 13.3. The highest BCUT2D eigenvalue weighted by Gasteiger charge is 2.31. The fourth-order valence-electron chi connectivity index (χ4n) is 4.37. The Morgan fingerprint density at radius 1 is 0.976 bits per heavy atom. The van der Waals surface area contributed by atoms with E-state index in [-0.39, 0.29) is 40.3 Å². The molecule has 1 saturated carbocycles. The van der Waals surface area contributed by atoms with Gasteiger partial charge in [0, 0.05) is 34.5 Å². The maximum Gasteiger partial charge on any atom is 0.416 e. The maximum atomic E-state index is 13.3. The molecular formula is C31H28ClF3N4O2. The lowest BCUT2D eigenvalue weighted by atomic mass is 9.95. The van der Waals surface area contributed by atoms with Crippen LogP contribution in [-0.4, -0.2) is 21.8 Å². The first-order valence-corrected chi connectivity index (χ1v) is 13.5. The van der Waals surface area contributed by atoms with E-state index in [1.165, 1.54) is 6.07 Å². The molecule has 1 aliphatic rings. The van der Waals surface area contributed by atoms with Crippen LogP contribution in [0.25, 0.3) is 22.3 Å². The lowest BCUT2D eigenvalue weighted by Crippen LogP contribution is -2.34. The van der Waals surface area contributed by atoms with Gasteiger partial charge in [0.25, 0.3) is 5.91 Å². The first-order valence-electron chi connectivity index (χ1n) is 13.2. The van der Waals surface area contributed by atoms with Gasteiger partial charge in [-0.15, -0.1) is 0 Å². The van der Waals surface area contributed by atoms with Gasteiger partial charge in [-0.1, -0.05) is 50.6 Å². The summed E-state index contributed by atoms with van der Waals surface area (Å²) in [5.41, 5.74) is 1.63. The van der Waals surface area contributed by atoms with Crippen LogP contribution in [0.1, 0.15) is 66.7 Å². The summed E-state index contributed by atoms with van der Waals surface area (Å²) in [6.45, 7) is 5.68. The highest BCUT2D eigenvalue weighted by atomic mass is 35.5. The molecule has 41 heavy (non-hydrogen) atoms. The van der Waals surface area contributed by atoms with Crippen molar-refractivity contribution >= 4 is 40.0 Å². The number of halogens is 4. The Balaban J connectivity index is 1.43. The zero-order valence-electron chi connectivity index (χ0n) is 22.7. The summed E-state index contributed by atoms with van der Waals surface area (Å²) in [5.74, 6) is -0.160. The zero-order chi connectivity index (χ0) is 29.5. The standard InChI is InChI=1S/C31H28ClF3N4O2/c1-30(2,3)29(41)36-16-17-7-12-24(32)23(13-17)28(40)37-21-10-11-22-25(15-21)38-27(39-26(22)18-8-9-18)19-5-4-6-20(14-19)31(33,34)35/h4-7,10-15,18H,8-9,16H2,1-3H3,(H,36,41)(H,37,40). The molecule has 1 aromatic heterocycles. The van der Waals surface area contributed by atoms with Crippen LogP contribution in [0.5, 0.6) is 0 Å². The highest BCUT2D eigenvalue weighted by Crippen LogP contribution is 2.43. The van der Waals surface area contributed by atoms with Crippen molar-refractivity contribution in [1.82, 2.24) is 15.3 Å². The molecule has 212 valence electrons. The number of aromatic nitrogens is 2. The van der Waals surface area contributed by atoms with Crippen LogP contribution in [0, 0.1) is 5.41 Å². The monoisotopic (exact) mass is 580 g/mol. The molecule has 2 N–H and O–H groups in total. The quantitative estimate of drug-likeness (QED) is 0.244. The van der Waals surface area contributed by atoms with Crippen molar-refractivity contribution < 1.29 is 22.8 Å². The molecule has 1 fully saturated rings. The molecule has 2 amide bonds. The minimum atomic E-state index is -4.49. The van der Waals surface area contributed by atoms with E-state index in [9.17, 15) is 22.8 Å². The van der Waals surface area contributed by atoms with Gasteiger partial charge in [0.05, 0.1) is 27.4 Å². The van der Waals surface area contributed by atoms with Crippen LogP contribution in [0.15, 0.2) is 60.7 Å². The van der Waals surface area contributed by atoms with E-state index in [4.69, 9.17) is 11.6 Å². The van der Waals surface area contributed by atoms with Crippen molar-refractivity contribution in [3.8, 4) is 11.4 Å². The van der Waals surface area contributed by atoms with E-state index in [0.29, 0.717) is 16.8 Å². The Morgan fingerprint density at radius 2 is 1.73 bits per heavy atom. The second kappa shape index (κ2) is 10.8. The second-order valence-corrected chi connectivity index (χ2v) is 11.6. The molecular weight excluding hydrogens is 553 g/mol. The number of hydrogen-bond donors (Lipinski definition) is 2. The van der Waals surface area contributed by atoms with Gasteiger partial charge in [0.2, 0.25) is 5.91 Å². The minimum absolute atomic E-state index is 0.119. The average Bonchev–Trinajstić information content (AvgIpc) is 3.76. The minimum Gasteiger partial charge on any atom is -0.352 e. The Morgan fingerprint density at radius 3 is 2.41 bits per heavy atom. The van der Waals surface area contributed by atoms with E-state index >= 15 is 0 Å². The van der Waals surface area contributed by atoms with E-state index in [2.05, 4.69) is 20.6 Å². The van der Waals surface area contributed by atoms with Crippen molar-refractivity contribution in [3.63, 3.8) is 0 Å². The van der Waals surface area contributed by atoms with Gasteiger partial charge in [-0.3, -0.25) is 9.59 Å². The topological polar surface area (TPSA) is 84.0 Å². The molecule has 1 aliphatic carbocycles. The Kier molecular flexibility index (Phi) is 7.50. The normalized spacial score (nSPS) is 13.7. The molecule has 5 rings (SSSR count). The number of carbonyl (C=O) groups excluding carboxylic acids is 2. The van der Waals surface area contributed by atoms with Gasteiger partial charge in [-0.2, -0.15) is 13.2 Å². The van der Waals surface area contributed by atoms with Gasteiger partial charge >= 0.3 is 6.18 Å². The first kappa shape index (κ1) is 28.5. The number of hydrogen-bond acceptors (Lipinski definition) is 4. The highest BCUT2D eigenvalue weighted by molar-refractivity contribution is 6.34. The van der Waals surface area contributed by atoms with Crippen molar-refractivity contribution in [3.05, 3.63) is 88.1 Å². The average molecular weight is 581 g/mol. The van der Waals surface area contributed by atoms with E-state index in [1.807, 2.05) is 26.8 Å². The zero-order valence-corrected chi connectivity index (χ0v) is 23.5. The fourth-order valence-corrected chi connectivity index (χ4v) is 4.57. The molecule has 0 radical (unpaired) electrons. The molecule has 0 bridgehead atoms. The third-order valence-corrected chi connectivity index (χ3v) is 7.14. The number of benzene rings is 3. The summed E-state index contributed by atoms with van der Waals surface area (Å²) >= 11 is 6.33. The number of nitrogens with one attached hydrogen (secondary N) is 2. The van der Waals surface area contributed by atoms with Crippen LogP contribution in [0.2, 0.25) is 5.02 Å². The van der Waals surface area contributed by atoms with Crippen molar-refractivity contribution in [2.45, 2.75) is 52.3 Å². The van der Waals surface area contributed by atoms with Gasteiger partial charge in [0.1, 0.15) is 0 Å². The molecule has 6 nitrogen and oxygen atoms in total. The van der Waals surface area contributed by atoms with E-state index in [0.717, 1.165) is 36.1 Å². The van der Waals surface area contributed by atoms with Gasteiger partial charge in [-0.25, -0.2) is 9.97 Å². The lowest BCUT2D eigenvalue weighted by molar-refractivity contribution is -0.137. The number of anilines is 1. The fraction of sp³-hybridized carbons (Fsp3) is 0.290. The number of amides is 2. The largest absolute Gasteiger partial charge is 0.416 e. The van der Waals surface area contributed by atoms with Crippen molar-refractivity contribution in [2.24, 2.45) is 5.41 Å². The summed E-state index contributed by atoms with van der Waals surface area (Å²) in [6, 6.07) is 15.1. The number of rotatable bonds is 6. The number of fused-ring (bicyclic) bond motifs is 1. The van der Waals surface area contributed by atoms with Crippen LogP contribution in [0.4, 0.5) is 18.9 Å². The smallest absolute Gasteiger partial charge is 0.352 e. The molecule has 1 heterocycles. The Hall–Kier alpha value is -3.98. The SMILES string of the molecule is CC(C)(C)C(=O)NCc1ccc(Cl)c(C(=O)Nc2ccc3c(C4CC4)nc(-c4cccc(C(F)(F)F)c4)nc3c2)c1. The Bertz CT molecular complexity index is 1660.